The molecule has 3 heterocycles. The van der Waals surface area contributed by atoms with Gasteiger partial charge in [-0.25, -0.2) is 0 Å². The van der Waals surface area contributed by atoms with E-state index in [4.69, 9.17) is 5.41 Å². The number of aromatic amines is 1. The van der Waals surface area contributed by atoms with Gasteiger partial charge >= 0.3 is 0 Å². The van der Waals surface area contributed by atoms with Crippen LogP contribution in [-0.4, -0.2) is 15.9 Å². The highest BCUT2D eigenvalue weighted by molar-refractivity contribution is 6.05. The van der Waals surface area contributed by atoms with Crippen molar-refractivity contribution in [3.63, 3.8) is 0 Å². The number of rotatable bonds is 0. The molecule has 0 radical (unpaired) electrons. The van der Waals surface area contributed by atoms with Crippen molar-refractivity contribution >= 4 is 5.71 Å². The Morgan fingerprint density at radius 1 is 1.06 bits per heavy atom. The van der Waals surface area contributed by atoms with E-state index >= 15 is 0 Å². The molecule has 1 aromatic heterocycles. The predicted octanol–water partition coefficient (Wildman–Crippen LogP) is 1.52. The first-order chi connectivity index (χ1) is 7.86. The zero-order chi connectivity index (χ0) is 10.7. The lowest BCUT2D eigenvalue weighted by atomic mass is 9.99. The Bertz CT molecular complexity index is 599. The SMILES string of the molecule is N=C1c2[nH]ncc2C2NC1c1ccccc12. The van der Waals surface area contributed by atoms with Crippen molar-refractivity contribution in [2.75, 3.05) is 0 Å². The van der Waals surface area contributed by atoms with Crippen molar-refractivity contribution in [2.45, 2.75) is 12.1 Å². The number of nitrogens with one attached hydrogen (secondary N) is 3. The normalized spacial score (nSPS) is 25.4. The third-order valence-electron chi connectivity index (χ3n) is 3.49. The molecule has 2 aliphatic heterocycles. The molecule has 0 saturated carbocycles. The van der Waals surface area contributed by atoms with Crippen molar-refractivity contribution in [3.8, 4) is 0 Å². The van der Waals surface area contributed by atoms with Gasteiger partial charge in [-0.1, -0.05) is 24.3 Å². The average Bonchev–Trinajstić information content (AvgIpc) is 2.91. The number of nitrogens with zero attached hydrogens (tertiary/aromatic N) is 1. The maximum Gasteiger partial charge on any atom is 0.0856 e. The molecule has 2 aliphatic rings. The molecule has 4 rings (SSSR count). The van der Waals surface area contributed by atoms with Crippen LogP contribution in [-0.2, 0) is 0 Å². The average molecular weight is 210 g/mol. The molecule has 0 aliphatic carbocycles. The van der Waals surface area contributed by atoms with Crippen LogP contribution in [0.5, 0.6) is 0 Å². The smallest absolute Gasteiger partial charge is 0.0856 e. The van der Waals surface area contributed by atoms with Crippen LogP contribution in [0.1, 0.15) is 34.5 Å². The topological polar surface area (TPSA) is 64.6 Å². The van der Waals surface area contributed by atoms with E-state index in [2.05, 4.69) is 27.6 Å². The summed E-state index contributed by atoms with van der Waals surface area (Å²) < 4.78 is 0. The molecular formula is C12H10N4. The standard InChI is InChI=1S/C12H10N4/c13-9-11-7-4-2-1-3-6(7)10(15-11)8-5-14-16-12(8)9/h1-5,10-11,13,15H,(H,14,16). The highest BCUT2D eigenvalue weighted by Gasteiger charge is 2.41. The van der Waals surface area contributed by atoms with E-state index in [-0.39, 0.29) is 12.1 Å². The van der Waals surface area contributed by atoms with Crippen molar-refractivity contribution in [1.29, 1.82) is 5.41 Å². The Kier molecular flexibility index (Phi) is 1.34. The summed E-state index contributed by atoms with van der Waals surface area (Å²) in [5.74, 6) is 0. The van der Waals surface area contributed by atoms with Gasteiger partial charge in [0.15, 0.2) is 0 Å². The molecule has 0 amide bonds. The number of fused-ring (bicyclic) bond motifs is 7. The molecule has 2 unspecified atom stereocenters. The second-order valence-corrected chi connectivity index (χ2v) is 4.28. The summed E-state index contributed by atoms with van der Waals surface area (Å²) in [7, 11) is 0. The minimum atomic E-state index is 0.0224. The van der Waals surface area contributed by atoms with E-state index in [0.717, 1.165) is 11.3 Å². The first kappa shape index (κ1) is 8.24. The molecule has 2 bridgehead atoms. The maximum absolute atomic E-state index is 8.17. The molecule has 4 heteroatoms. The van der Waals surface area contributed by atoms with Crippen molar-refractivity contribution < 1.29 is 0 Å². The summed E-state index contributed by atoms with van der Waals surface area (Å²) >= 11 is 0. The monoisotopic (exact) mass is 210 g/mol. The van der Waals surface area contributed by atoms with Gasteiger partial charge < -0.3 is 5.41 Å². The van der Waals surface area contributed by atoms with Gasteiger partial charge in [0.25, 0.3) is 0 Å². The van der Waals surface area contributed by atoms with Crippen LogP contribution in [0.15, 0.2) is 30.5 Å². The molecule has 16 heavy (non-hydrogen) atoms. The van der Waals surface area contributed by atoms with Crippen LogP contribution in [0.25, 0.3) is 0 Å². The summed E-state index contributed by atoms with van der Waals surface area (Å²) in [6.45, 7) is 0. The Balaban J connectivity index is 2.05. The Morgan fingerprint density at radius 3 is 2.62 bits per heavy atom. The Labute approximate surface area is 92.2 Å². The van der Waals surface area contributed by atoms with Gasteiger partial charge in [-0.2, -0.15) is 5.10 Å². The summed E-state index contributed by atoms with van der Waals surface area (Å²) in [6, 6.07) is 8.52. The van der Waals surface area contributed by atoms with Crippen LogP contribution in [0.2, 0.25) is 0 Å². The predicted molar refractivity (Wildman–Crippen MR) is 59.6 cm³/mol. The molecule has 2 atom stereocenters. The minimum Gasteiger partial charge on any atom is -0.301 e. The summed E-state index contributed by atoms with van der Waals surface area (Å²) in [5, 5.41) is 18.6. The number of hydrogen-bond acceptors (Lipinski definition) is 3. The van der Waals surface area contributed by atoms with Crippen molar-refractivity contribution in [3.05, 3.63) is 52.8 Å². The van der Waals surface area contributed by atoms with Gasteiger partial charge in [0.05, 0.1) is 29.7 Å². The van der Waals surface area contributed by atoms with Gasteiger partial charge in [-0.05, 0) is 11.1 Å². The lowest BCUT2D eigenvalue weighted by Crippen LogP contribution is -2.31. The zero-order valence-corrected chi connectivity index (χ0v) is 8.49. The van der Waals surface area contributed by atoms with Gasteiger partial charge in [0.2, 0.25) is 0 Å². The minimum absolute atomic E-state index is 0.0224. The molecule has 2 aromatic rings. The van der Waals surface area contributed by atoms with Crippen LogP contribution in [0.4, 0.5) is 0 Å². The number of H-pyrrole nitrogens is 1. The van der Waals surface area contributed by atoms with Gasteiger partial charge in [-0.15, -0.1) is 0 Å². The molecule has 3 N–H and O–H groups in total. The van der Waals surface area contributed by atoms with Crippen LogP contribution in [0.3, 0.4) is 0 Å². The van der Waals surface area contributed by atoms with E-state index in [1.165, 1.54) is 11.1 Å². The number of hydrogen-bond donors (Lipinski definition) is 3. The van der Waals surface area contributed by atoms with Gasteiger partial charge in [-0.3, -0.25) is 10.4 Å². The van der Waals surface area contributed by atoms with E-state index in [0.29, 0.717) is 5.71 Å². The fraction of sp³-hybridized carbons (Fsp3) is 0.167. The van der Waals surface area contributed by atoms with E-state index in [1.54, 1.807) is 0 Å². The van der Waals surface area contributed by atoms with E-state index in [9.17, 15) is 0 Å². The van der Waals surface area contributed by atoms with Crippen LogP contribution >= 0.6 is 0 Å². The van der Waals surface area contributed by atoms with Crippen LogP contribution in [0, 0.1) is 5.41 Å². The molecule has 78 valence electrons. The second-order valence-electron chi connectivity index (χ2n) is 4.28. The Hall–Kier alpha value is -1.94. The molecule has 0 saturated heterocycles. The first-order valence-electron chi connectivity index (χ1n) is 5.33. The fourth-order valence-corrected chi connectivity index (χ4v) is 2.75. The van der Waals surface area contributed by atoms with E-state index in [1.807, 2.05) is 18.3 Å². The van der Waals surface area contributed by atoms with Crippen LogP contribution < -0.4 is 5.32 Å². The lowest BCUT2D eigenvalue weighted by Gasteiger charge is -2.22. The van der Waals surface area contributed by atoms with Gasteiger partial charge in [0.1, 0.15) is 0 Å². The summed E-state index contributed by atoms with van der Waals surface area (Å²) in [4.78, 5) is 0. The highest BCUT2D eigenvalue weighted by Crippen LogP contribution is 2.43. The number of benzene rings is 1. The first-order valence-corrected chi connectivity index (χ1v) is 5.33. The molecular weight excluding hydrogens is 200 g/mol. The lowest BCUT2D eigenvalue weighted by molar-refractivity contribution is 0.613. The molecule has 1 aromatic carbocycles. The molecule has 0 fully saturated rings. The van der Waals surface area contributed by atoms with Crippen molar-refractivity contribution in [1.82, 2.24) is 15.5 Å². The third-order valence-corrected chi connectivity index (χ3v) is 3.49. The van der Waals surface area contributed by atoms with Gasteiger partial charge in [0, 0.05) is 5.56 Å². The Morgan fingerprint density at radius 2 is 1.81 bits per heavy atom. The number of aromatic nitrogens is 2. The fourth-order valence-electron chi connectivity index (χ4n) is 2.75. The largest absolute Gasteiger partial charge is 0.301 e. The quantitative estimate of drug-likeness (QED) is 0.617. The maximum atomic E-state index is 8.17. The molecule has 0 spiro atoms. The van der Waals surface area contributed by atoms with Crippen molar-refractivity contribution in [2.24, 2.45) is 0 Å². The van der Waals surface area contributed by atoms with E-state index < -0.39 is 0 Å². The molecule has 4 nitrogen and oxygen atoms in total. The summed E-state index contributed by atoms with van der Waals surface area (Å²) in [6.07, 6.45) is 1.82. The third kappa shape index (κ3) is 0.796. The second kappa shape index (κ2) is 2.59. The zero-order valence-electron chi connectivity index (χ0n) is 8.49. The highest BCUT2D eigenvalue weighted by atomic mass is 15.1. The summed E-state index contributed by atoms with van der Waals surface area (Å²) in [5.41, 5.74) is 5.06.